The van der Waals surface area contributed by atoms with Crippen LogP contribution in [0.4, 0.5) is 5.69 Å². The second-order valence-corrected chi connectivity index (χ2v) is 9.08. The van der Waals surface area contributed by atoms with Gasteiger partial charge in [-0.2, -0.15) is 0 Å². The average Bonchev–Trinajstić information content (AvgIpc) is 3.41. The Bertz CT molecular complexity index is 897. The normalized spacial score (nSPS) is 28.5. The number of carbonyl (C=O) groups is 1. The van der Waals surface area contributed by atoms with Gasteiger partial charge in [-0.1, -0.05) is 30.3 Å². The summed E-state index contributed by atoms with van der Waals surface area (Å²) in [4.78, 5) is 12.7. The van der Waals surface area contributed by atoms with Gasteiger partial charge in [0.2, 0.25) is 0 Å². The third-order valence-corrected chi connectivity index (χ3v) is 7.46. The summed E-state index contributed by atoms with van der Waals surface area (Å²) in [5.74, 6) is 2.77. The highest BCUT2D eigenvalue weighted by Gasteiger charge is 2.53. The van der Waals surface area contributed by atoms with E-state index in [1.165, 1.54) is 36.1 Å². The number of hydrogen-bond donors (Lipinski definition) is 2. The molecule has 5 atom stereocenters. The van der Waals surface area contributed by atoms with Crippen LogP contribution in [0.5, 0.6) is 0 Å². The van der Waals surface area contributed by atoms with Crippen molar-refractivity contribution in [3.8, 4) is 0 Å². The smallest absolute Gasteiger partial charge is 0.251 e. The summed E-state index contributed by atoms with van der Waals surface area (Å²) in [6, 6.07) is 17.5. The van der Waals surface area contributed by atoms with Crippen molar-refractivity contribution >= 4 is 11.6 Å². The predicted octanol–water partition coefficient (Wildman–Crippen LogP) is 5.14. The first-order chi connectivity index (χ1) is 14.8. The van der Waals surface area contributed by atoms with Crippen molar-refractivity contribution in [2.24, 2.45) is 17.8 Å². The minimum absolute atomic E-state index is 0.0270. The van der Waals surface area contributed by atoms with Gasteiger partial charge in [0, 0.05) is 31.0 Å². The van der Waals surface area contributed by atoms with Crippen LogP contribution in [0.3, 0.4) is 0 Å². The summed E-state index contributed by atoms with van der Waals surface area (Å²) in [5.41, 5.74) is 4.75. The van der Waals surface area contributed by atoms with E-state index in [9.17, 15) is 4.79 Å². The van der Waals surface area contributed by atoms with Crippen molar-refractivity contribution in [2.45, 2.75) is 44.6 Å². The largest absolute Gasteiger partial charge is 0.382 e. The molecule has 2 N–H and O–H groups in total. The maximum atomic E-state index is 12.7. The number of rotatable bonds is 7. The first-order valence-electron chi connectivity index (χ1n) is 11.6. The van der Waals surface area contributed by atoms with Gasteiger partial charge in [0.05, 0.1) is 6.04 Å². The van der Waals surface area contributed by atoms with E-state index >= 15 is 0 Å². The molecule has 3 aliphatic rings. The number of nitrogens with one attached hydrogen (secondary N) is 2. The van der Waals surface area contributed by atoms with E-state index in [1.54, 1.807) is 0 Å². The molecule has 0 spiro atoms. The van der Waals surface area contributed by atoms with Gasteiger partial charge in [-0.15, -0.1) is 0 Å². The average molecular weight is 405 g/mol. The molecular weight excluding hydrogens is 372 g/mol. The molecular formula is C26H32N2O2. The van der Waals surface area contributed by atoms with Crippen LogP contribution in [0.15, 0.2) is 48.5 Å². The van der Waals surface area contributed by atoms with Crippen molar-refractivity contribution in [1.29, 1.82) is 0 Å². The van der Waals surface area contributed by atoms with Gasteiger partial charge in [-0.3, -0.25) is 4.79 Å². The monoisotopic (exact) mass is 404 g/mol. The molecule has 158 valence electrons. The number of ether oxygens (including phenoxy) is 1. The first-order valence-corrected chi connectivity index (χ1v) is 11.6. The Morgan fingerprint density at radius 2 is 1.97 bits per heavy atom. The fraction of sp³-hybridized carbons (Fsp3) is 0.500. The molecule has 5 rings (SSSR count). The molecule has 2 aliphatic carbocycles. The maximum Gasteiger partial charge on any atom is 0.251 e. The van der Waals surface area contributed by atoms with Gasteiger partial charge in [-0.25, -0.2) is 0 Å². The van der Waals surface area contributed by atoms with Crippen molar-refractivity contribution < 1.29 is 9.53 Å². The summed E-state index contributed by atoms with van der Waals surface area (Å²) in [7, 11) is 0. The summed E-state index contributed by atoms with van der Waals surface area (Å²) in [6.07, 6.45) is 4.87. The van der Waals surface area contributed by atoms with Crippen LogP contribution in [0.1, 0.15) is 66.1 Å². The lowest BCUT2D eigenvalue weighted by Crippen LogP contribution is -2.35. The zero-order valence-corrected chi connectivity index (χ0v) is 17.8. The fourth-order valence-corrected chi connectivity index (χ4v) is 6.24. The van der Waals surface area contributed by atoms with Crippen LogP contribution in [0.2, 0.25) is 0 Å². The third kappa shape index (κ3) is 3.51. The van der Waals surface area contributed by atoms with E-state index in [0.29, 0.717) is 31.0 Å². The minimum atomic E-state index is 0.0270. The lowest BCUT2D eigenvalue weighted by Gasteiger charge is -2.43. The molecule has 1 amide bonds. The van der Waals surface area contributed by atoms with Gasteiger partial charge in [0.25, 0.3) is 5.91 Å². The highest BCUT2D eigenvalue weighted by Crippen LogP contribution is 2.63. The zero-order valence-electron chi connectivity index (χ0n) is 17.8. The van der Waals surface area contributed by atoms with E-state index < -0.39 is 0 Å². The predicted molar refractivity (Wildman–Crippen MR) is 120 cm³/mol. The number of anilines is 1. The van der Waals surface area contributed by atoms with E-state index in [-0.39, 0.29) is 5.91 Å². The quantitative estimate of drug-likeness (QED) is 0.628. The Morgan fingerprint density at radius 1 is 1.13 bits per heavy atom. The molecule has 4 heteroatoms. The number of carbonyl (C=O) groups excluding carboxylic acids is 1. The van der Waals surface area contributed by atoms with Gasteiger partial charge in [0.15, 0.2) is 0 Å². The summed E-state index contributed by atoms with van der Waals surface area (Å²) in [6.45, 7) is 4.06. The molecule has 1 aliphatic heterocycles. The minimum Gasteiger partial charge on any atom is -0.382 e. The fourth-order valence-electron chi connectivity index (χ4n) is 6.24. The molecule has 0 radical (unpaired) electrons. The van der Waals surface area contributed by atoms with Crippen LogP contribution < -0.4 is 10.6 Å². The van der Waals surface area contributed by atoms with Crippen LogP contribution in [-0.2, 0) is 4.74 Å². The highest BCUT2D eigenvalue weighted by molar-refractivity contribution is 5.95. The van der Waals surface area contributed by atoms with Crippen LogP contribution in [-0.4, -0.2) is 25.7 Å². The molecule has 2 fully saturated rings. The Morgan fingerprint density at radius 3 is 2.80 bits per heavy atom. The molecule has 0 saturated heterocycles. The number of amides is 1. The first kappa shape index (κ1) is 19.6. The molecule has 4 nitrogen and oxygen atoms in total. The van der Waals surface area contributed by atoms with Crippen molar-refractivity contribution in [3.63, 3.8) is 0 Å². The second kappa shape index (κ2) is 8.43. The lowest BCUT2D eigenvalue weighted by molar-refractivity contribution is 0.0944. The molecule has 2 aromatic rings. The number of benzene rings is 2. The third-order valence-electron chi connectivity index (χ3n) is 7.46. The van der Waals surface area contributed by atoms with Gasteiger partial charge in [-0.05, 0) is 85.6 Å². The topological polar surface area (TPSA) is 50.4 Å². The standard InChI is InChI=1S/C26H32N2O2/c1-2-30-14-6-13-27-26(29)20-11-12-22-21(16-20)23-18-9-10-19(15-18)24(23)25(28-22)17-7-4-3-5-8-17/h3-5,7-8,11-12,16,18-19,23-25,28H,2,6,9-10,13-15H2,1H3,(H,27,29)/t18-,19-,23-,24+,25+/m0/s1. The van der Waals surface area contributed by atoms with Gasteiger partial charge in [0.1, 0.15) is 0 Å². The maximum absolute atomic E-state index is 12.7. The van der Waals surface area contributed by atoms with E-state index in [2.05, 4.69) is 53.1 Å². The van der Waals surface area contributed by atoms with Crippen LogP contribution in [0.25, 0.3) is 0 Å². The molecule has 1 heterocycles. The van der Waals surface area contributed by atoms with E-state index in [0.717, 1.165) is 30.4 Å². The number of hydrogen-bond acceptors (Lipinski definition) is 3. The zero-order chi connectivity index (χ0) is 20.5. The SMILES string of the molecule is CCOCCCNC(=O)c1ccc2c(c1)[C@@H]1[C@H]3CC[C@@H](C3)[C@H]1[C@@H](c1ccccc1)N2. The van der Waals surface area contributed by atoms with Crippen molar-refractivity contribution in [2.75, 3.05) is 25.1 Å². The molecule has 2 saturated carbocycles. The highest BCUT2D eigenvalue weighted by atomic mass is 16.5. The number of fused-ring (bicyclic) bond motifs is 7. The van der Waals surface area contributed by atoms with Crippen molar-refractivity contribution in [1.82, 2.24) is 5.32 Å². The Hall–Kier alpha value is -2.33. The summed E-state index contributed by atoms with van der Waals surface area (Å²) >= 11 is 0. The van der Waals surface area contributed by atoms with Gasteiger partial charge >= 0.3 is 0 Å². The lowest BCUT2D eigenvalue weighted by atomic mass is 9.68. The molecule has 2 bridgehead atoms. The van der Waals surface area contributed by atoms with Crippen molar-refractivity contribution in [3.05, 3.63) is 65.2 Å². The Balaban J connectivity index is 1.39. The van der Waals surface area contributed by atoms with Crippen LogP contribution >= 0.6 is 0 Å². The van der Waals surface area contributed by atoms with E-state index in [4.69, 9.17) is 4.74 Å². The molecule has 2 aromatic carbocycles. The van der Waals surface area contributed by atoms with Gasteiger partial charge < -0.3 is 15.4 Å². The molecule has 30 heavy (non-hydrogen) atoms. The second-order valence-electron chi connectivity index (χ2n) is 9.08. The molecule has 0 aromatic heterocycles. The van der Waals surface area contributed by atoms with Crippen LogP contribution in [0, 0.1) is 17.8 Å². The van der Waals surface area contributed by atoms with E-state index in [1.807, 2.05) is 13.0 Å². The summed E-state index contributed by atoms with van der Waals surface area (Å²) < 4.78 is 5.36. The summed E-state index contributed by atoms with van der Waals surface area (Å²) in [5, 5.41) is 6.91. The molecule has 0 unspecified atom stereocenters. The Kier molecular flexibility index (Phi) is 5.51. The Labute approximate surface area is 179 Å².